The Morgan fingerprint density at radius 3 is 2.38 bits per heavy atom. The van der Waals surface area contributed by atoms with Gasteiger partial charge in [-0.3, -0.25) is 0 Å². The molecule has 2 rings (SSSR count). The van der Waals surface area contributed by atoms with Crippen LogP contribution in [0.4, 0.5) is 0 Å². The molecule has 2 N–H and O–H groups in total. The first-order valence-electron chi connectivity index (χ1n) is 6.66. The number of rotatable bonds is 3. The maximum absolute atomic E-state index is 6.06. The third-order valence-corrected chi connectivity index (χ3v) is 3.58. The minimum absolute atomic E-state index is 0.0292. The van der Waals surface area contributed by atoms with Gasteiger partial charge < -0.3 is 10.5 Å². The zero-order valence-corrected chi connectivity index (χ0v) is 13.9. The van der Waals surface area contributed by atoms with E-state index in [4.69, 9.17) is 34.3 Å². The lowest BCUT2D eigenvalue weighted by molar-refractivity contribution is 0.454. The minimum atomic E-state index is -0.0292. The van der Waals surface area contributed by atoms with Crippen LogP contribution in [-0.2, 0) is 5.41 Å². The van der Waals surface area contributed by atoms with Crippen molar-refractivity contribution in [1.82, 2.24) is 0 Å². The second-order valence-corrected chi connectivity index (χ2v) is 6.73. The molecule has 0 atom stereocenters. The molecule has 2 aromatic rings. The quantitative estimate of drug-likeness (QED) is 0.803. The number of ether oxygens (including phenoxy) is 1. The van der Waals surface area contributed by atoms with E-state index < -0.39 is 0 Å². The molecular weight excluding hydrogens is 302 g/mol. The number of nitrogens with two attached hydrogens (primary N) is 1. The molecule has 0 heterocycles. The summed E-state index contributed by atoms with van der Waals surface area (Å²) in [7, 11) is 0. The van der Waals surface area contributed by atoms with Crippen molar-refractivity contribution in [1.29, 1.82) is 0 Å². The first kappa shape index (κ1) is 15.8. The lowest BCUT2D eigenvalue weighted by Gasteiger charge is -2.23. The normalized spacial score (nSPS) is 11.2. The SMILES string of the molecule is CC(C)(C)c1ccccc1Oc1cc(Cl)ccc1C(N)=S. The van der Waals surface area contributed by atoms with Gasteiger partial charge in [0.25, 0.3) is 0 Å². The van der Waals surface area contributed by atoms with Crippen molar-refractivity contribution >= 4 is 28.8 Å². The van der Waals surface area contributed by atoms with E-state index in [0.29, 0.717) is 16.3 Å². The number of hydrogen-bond donors (Lipinski definition) is 1. The van der Waals surface area contributed by atoms with Crippen LogP contribution in [-0.4, -0.2) is 4.99 Å². The fraction of sp³-hybridized carbons (Fsp3) is 0.235. The van der Waals surface area contributed by atoms with Crippen molar-refractivity contribution in [3.05, 3.63) is 58.6 Å². The third-order valence-electron chi connectivity index (χ3n) is 3.12. The number of halogens is 1. The fourth-order valence-electron chi connectivity index (χ4n) is 2.08. The highest BCUT2D eigenvalue weighted by molar-refractivity contribution is 7.80. The van der Waals surface area contributed by atoms with Gasteiger partial charge in [-0.1, -0.05) is 62.8 Å². The summed E-state index contributed by atoms with van der Waals surface area (Å²) < 4.78 is 6.06. The molecule has 0 aliphatic carbocycles. The highest BCUT2D eigenvalue weighted by atomic mass is 35.5. The van der Waals surface area contributed by atoms with Gasteiger partial charge in [-0.25, -0.2) is 0 Å². The molecule has 0 spiro atoms. The van der Waals surface area contributed by atoms with E-state index in [-0.39, 0.29) is 10.4 Å². The Balaban J connectivity index is 2.49. The molecular formula is C17H18ClNOS. The van der Waals surface area contributed by atoms with E-state index in [1.54, 1.807) is 18.2 Å². The third kappa shape index (κ3) is 3.74. The van der Waals surface area contributed by atoms with Crippen LogP contribution in [0.1, 0.15) is 31.9 Å². The summed E-state index contributed by atoms with van der Waals surface area (Å²) in [6, 6.07) is 13.2. The van der Waals surface area contributed by atoms with Gasteiger partial charge in [-0.2, -0.15) is 0 Å². The van der Waals surface area contributed by atoms with Crippen molar-refractivity contribution in [2.45, 2.75) is 26.2 Å². The summed E-state index contributed by atoms with van der Waals surface area (Å²) in [4.78, 5) is 0.287. The summed E-state index contributed by atoms with van der Waals surface area (Å²) in [5, 5.41) is 0.582. The van der Waals surface area contributed by atoms with Crippen molar-refractivity contribution in [3.63, 3.8) is 0 Å². The van der Waals surface area contributed by atoms with E-state index in [1.807, 2.05) is 18.2 Å². The monoisotopic (exact) mass is 319 g/mol. The molecule has 0 bridgehead atoms. The molecule has 4 heteroatoms. The van der Waals surface area contributed by atoms with Gasteiger partial charge in [-0.05, 0) is 23.6 Å². The largest absolute Gasteiger partial charge is 0.456 e. The smallest absolute Gasteiger partial charge is 0.139 e. The predicted molar refractivity (Wildman–Crippen MR) is 92.6 cm³/mol. The topological polar surface area (TPSA) is 35.2 Å². The maximum atomic E-state index is 6.06. The molecule has 0 aliphatic heterocycles. The number of thiocarbonyl (C=S) groups is 1. The van der Waals surface area contributed by atoms with Crippen molar-refractivity contribution in [2.24, 2.45) is 5.73 Å². The molecule has 0 aliphatic rings. The second kappa shape index (κ2) is 6.04. The molecule has 21 heavy (non-hydrogen) atoms. The Hall–Kier alpha value is -1.58. The van der Waals surface area contributed by atoms with Crippen LogP contribution >= 0.6 is 23.8 Å². The van der Waals surface area contributed by atoms with E-state index in [0.717, 1.165) is 11.3 Å². The number of benzene rings is 2. The molecule has 2 nitrogen and oxygen atoms in total. The molecule has 0 radical (unpaired) electrons. The average Bonchev–Trinajstić information content (AvgIpc) is 2.37. The van der Waals surface area contributed by atoms with Crippen molar-refractivity contribution in [2.75, 3.05) is 0 Å². The summed E-state index contributed by atoms with van der Waals surface area (Å²) in [5.74, 6) is 1.36. The Morgan fingerprint density at radius 1 is 1.10 bits per heavy atom. The highest BCUT2D eigenvalue weighted by Gasteiger charge is 2.19. The van der Waals surface area contributed by atoms with Crippen LogP contribution in [0.15, 0.2) is 42.5 Å². The Labute approximate surface area is 135 Å². The first-order chi connectivity index (χ1) is 9.79. The fourth-order valence-corrected chi connectivity index (χ4v) is 2.41. The summed E-state index contributed by atoms with van der Waals surface area (Å²) in [6.45, 7) is 6.42. The zero-order chi connectivity index (χ0) is 15.6. The first-order valence-corrected chi connectivity index (χ1v) is 7.44. The van der Waals surface area contributed by atoms with E-state index in [1.165, 1.54) is 0 Å². The Morgan fingerprint density at radius 2 is 1.76 bits per heavy atom. The average molecular weight is 320 g/mol. The second-order valence-electron chi connectivity index (χ2n) is 5.85. The van der Waals surface area contributed by atoms with Gasteiger partial charge in [-0.15, -0.1) is 0 Å². The number of para-hydroxylation sites is 1. The van der Waals surface area contributed by atoms with Crippen molar-refractivity contribution < 1.29 is 4.74 Å². The van der Waals surface area contributed by atoms with Crippen LogP contribution < -0.4 is 10.5 Å². The lowest BCUT2D eigenvalue weighted by atomic mass is 9.86. The molecule has 0 saturated heterocycles. The molecule has 0 fully saturated rings. The van der Waals surface area contributed by atoms with Crippen LogP contribution in [0.2, 0.25) is 5.02 Å². The van der Waals surface area contributed by atoms with Gasteiger partial charge in [0.05, 0.1) is 5.56 Å². The van der Waals surface area contributed by atoms with Gasteiger partial charge in [0.1, 0.15) is 16.5 Å². The zero-order valence-electron chi connectivity index (χ0n) is 12.3. The lowest BCUT2D eigenvalue weighted by Crippen LogP contribution is -2.14. The van der Waals surface area contributed by atoms with Gasteiger partial charge in [0.15, 0.2) is 0 Å². The number of hydrogen-bond acceptors (Lipinski definition) is 2. The maximum Gasteiger partial charge on any atom is 0.139 e. The van der Waals surface area contributed by atoms with E-state index in [2.05, 4.69) is 26.8 Å². The van der Waals surface area contributed by atoms with Crippen LogP contribution in [0.5, 0.6) is 11.5 Å². The van der Waals surface area contributed by atoms with Crippen molar-refractivity contribution in [3.8, 4) is 11.5 Å². The van der Waals surface area contributed by atoms with E-state index >= 15 is 0 Å². The molecule has 110 valence electrons. The Bertz CT molecular complexity index is 677. The molecule has 0 saturated carbocycles. The minimum Gasteiger partial charge on any atom is -0.456 e. The summed E-state index contributed by atoms with van der Waals surface area (Å²) in [6.07, 6.45) is 0. The Kier molecular flexibility index (Phi) is 4.55. The van der Waals surface area contributed by atoms with Gasteiger partial charge in [0.2, 0.25) is 0 Å². The summed E-state index contributed by atoms with van der Waals surface area (Å²) in [5.41, 5.74) is 7.51. The molecule has 0 aromatic heterocycles. The predicted octanol–water partition coefficient (Wildman–Crippen LogP) is 5.06. The highest BCUT2D eigenvalue weighted by Crippen LogP contribution is 2.35. The molecule has 0 amide bonds. The van der Waals surface area contributed by atoms with Gasteiger partial charge in [0, 0.05) is 16.7 Å². The summed E-state index contributed by atoms with van der Waals surface area (Å²) >= 11 is 11.1. The standard InChI is InChI=1S/C17H18ClNOS/c1-17(2,3)13-6-4-5-7-14(13)20-15-10-11(18)8-9-12(15)16(19)21/h4-10H,1-3H3,(H2,19,21). The van der Waals surface area contributed by atoms with Gasteiger partial charge >= 0.3 is 0 Å². The van der Waals surface area contributed by atoms with Crippen LogP contribution in [0.25, 0.3) is 0 Å². The molecule has 2 aromatic carbocycles. The van der Waals surface area contributed by atoms with E-state index in [9.17, 15) is 0 Å². The van der Waals surface area contributed by atoms with Crippen LogP contribution in [0, 0.1) is 0 Å². The molecule has 0 unspecified atom stereocenters. The van der Waals surface area contributed by atoms with Crippen LogP contribution in [0.3, 0.4) is 0 Å².